The summed E-state index contributed by atoms with van der Waals surface area (Å²) in [6.45, 7) is -0.915. The normalized spacial score (nSPS) is 52.7. The van der Waals surface area contributed by atoms with Crippen LogP contribution >= 0.6 is 0 Å². The highest BCUT2D eigenvalue weighted by Gasteiger charge is 2.45. The van der Waals surface area contributed by atoms with Crippen LogP contribution in [0.3, 0.4) is 0 Å². The SMILES string of the molecule is OC1[C@H](O)[C@@H](O)OC[C@@H](O[C@H]2OC[C@@H](O)[C@@H](O)[C@H](O)[C@@H]2O)[C@H]1O. The van der Waals surface area contributed by atoms with Crippen LogP contribution in [0.15, 0.2) is 0 Å². The molecule has 0 aromatic rings. The molecule has 11 heteroatoms. The second-order valence-corrected chi connectivity index (χ2v) is 5.61. The second kappa shape index (κ2) is 7.63. The third-order valence-electron chi connectivity index (χ3n) is 3.92. The zero-order chi connectivity index (χ0) is 17.3. The average molecular weight is 342 g/mol. The first-order valence-corrected chi connectivity index (χ1v) is 7.07. The van der Waals surface area contributed by atoms with Crippen molar-refractivity contribution in [3.8, 4) is 0 Å². The maximum absolute atomic E-state index is 9.94. The number of aliphatic hydroxyl groups excluding tert-OH is 8. The quantitative estimate of drug-likeness (QED) is 0.239. The summed E-state index contributed by atoms with van der Waals surface area (Å²) in [5.74, 6) is 0. The van der Waals surface area contributed by atoms with Gasteiger partial charge in [-0.15, -0.1) is 0 Å². The summed E-state index contributed by atoms with van der Waals surface area (Å²) >= 11 is 0. The van der Waals surface area contributed by atoms with Gasteiger partial charge >= 0.3 is 0 Å². The van der Waals surface area contributed by atoms with Crippen LogP contribution in [0.25, 0.3) is 0 Å². The van der Waals surface area contributed by atoms with Crippen molar-refractivity contribution in [2.45, 2.75) is 61.4 Å². The number of ether oxygens (including phenoxy) is 3. The van der Waals surface area contributed by atoms with E-state index in [1.54, 1.807) is 0 Å². The van der Waals surface area contributed by atoms with Crippen LogP contribution in [0.4, 0.5) is 0 Å². The van der Waals surface area contributed by atoms with Gasteiger partial charge in [0, 0.05) is 0 Å². The summed E-state index contributed by atoms with van der Waals surface area (Å²) in [5.41, 5.74) is 0. The van der Waals surface area contributed by atoms with Crippen molar-refractivity contribution in [3.05, 3.63) is 0 Å². The van der Waals surface area contributed by atoms with Crippen molar-refractivity contribution in [2.24, 2.45) is 0 Å². The van der Waals surface area contributed by atoms with E-state index in [-0.39, 0.29) is 0 Å². The van der Waals surface area contributed by atoms with Crippen LogP contribution in [-0.2, 0) is 14.2 Å². The van der Waals surface area contributed by atoms with Gasteiger partial charge in [-0.05, 0) is 0 Å². The lowest BCUT2D eigenvalue weighted by molar-refractivity contribution is -0.253. The van der Waals surface area contributed by atoms with Crippen molar-refractivity contribution in [3.63, 3.8) is 0 Å². The standard InChI is InChI=1S/C12H22O11/c13-3-1-22-12(10(19)7(16)5(3)14)23-4-2-21-11(20)9(18)8(17)6(4)15/h3-20H,1-2H2/t3-,4-,5-,6-,7+,8?,9+,10+,11+,12-/m1/s1. The first kappa shape index (κ1) is 18.9. The summed E-state index contributed by atoms with van der Waals surface area (Å²) in [5, 5.41) is 77.2. The summed E-state index contributed by atoms with van der Waals surface area (Å²) in [4.78, 5) is 0. The lowest BCUT2D eigenvalue weighted by Gasteiger charge is -2.31. The van der Waals surface area contributed by atoms with Gasteiger partial charge in [0.1, 0.15) is 48.8 Å². The van der Waals surface area contributed by atoms with Crippen molar-refractivity contribution in [1.82, 2.24) is 0 Å². The highest BCUT2D eigenvalue weighted by Crippen LogP contribution is 2.23. The van der Waals surface area contributed by atoms with Crippen LogP contribution in [0.1, 0.15) is 0 Å². The van der Waals surface area contributed by atoms with E-state index in [9.17, 15) is 40.9 Å². The molecule has 0 radical (unpaired) electrons. The van der Waals surface area contributed by atoms with E-state index >= 15 is 0 Å². The Labute approximate surface area is 130 Å². The monoisotopic (exact) mass is 342 g/mol. The molecule has 136 valence electrons. The minimum atomic E-state index is -1.79. The first-order chi connectivity index (χ1) is 10.7. The van der Waals surface area contributed by atoms with Crippen LogP contribution in [0.5, 0.6) is 0 Å². The predicted molar refractivity (Wildman–Crippen MR) is 68.6 cm³/mol. The molecular formula is C12H22O11. The molecule has 2 heterocycles. The Morgan fingerprint density at radius 1 is 0.609 bits per heavy atom. The van der Waals surface area contributed by atoms with Gasteiger partial charge in [-0.2, -0.15) is 0 Å². The number of hydrogen-bond donors (Lipinski definition) is 8. The number of hydrogen-bond acceptors (Lipinski definition) is 11. The molecule has 1 unspecified atom stereocenters. The summed E-state index contributed by atoms with van der Waals surface area (Å²) in [7, 11) is 0. The predicted octanol–water partition coefficient (Wildman–Crippen LogP) is -5.40. The lowest BCUT2D eigenvalue weighted by atomic mass is 10.0. The molecule has 10 atom stereocenters. The minimum Gasteiger partial charge on any atom is -0.388 e. The average Bonchev–Trinajstić information content (AvgIpc) is 2.68. The van der Waals surface area contributed by atoms with E-state index in [1.165, 1.54) is 0 Å². The first-order valence-electron chi connectivity index (χ1n) is 7.07. The van der Waals surface area contributed by atoms with E-state index in [0.717, 1.165) is 0 Å². The Bertz CT molecular complexity index is 348. The summed E-state index contributed by atoms with van der Waals surface area (Å²) < 4.78 is 15.1. The van der Waals surface area contributed by atoms with Crippen LogP contribution in [-0.4, -0.2) is 115 Å². The fraction of sp³-hybridized carbons (Fsp3) is 1.00. The second-order valence-electron chi connectivity index (χ2n) is 5.61. The molecule has 23 heavy (non-hydrogen) atoms. The molecule has 2 saturated heterocycles. The van der Waals surface area contributed by atoms with E-state index in [2.05, 4.69) is 0 Å². The van der Waals surface area contributed by atoms with Gasteiger partial charge in [-0.1, -0.05) is 0 Å². The van der Waals surface area contributed by atoms with E-state index in [4.69, 9.17) is 14.2 Å². The summed E-state index contributed by atoms with van der Waals surface area (Å²) in [6, 6.07) is 0. The number of aliphatic hydroxyl groups is 8. The van der Waals surface area contributed by atoms with Crippen LogP contribution in [0.2, 0.25) is 0 Å². The Balaban J connectivity index is 2.07. The van der Waals surface area contributed by atoms with Crippen LogP contribution in [0, 0.1) is 0 Å². The molecule has 0 bridgehead atoms. The fourth-order valence-electron chi connectivity index (χ4n) is 2.37. The molecule has 0 aliphatic carbocycles. The zero-order valence-corrected chi connectivity index (χ0v) is 12.0. The van der Waals surface area contributed by atoms with Gasteiger partial charge in [-0.25, -0.2) is 0 Å². The Kier molecular flexibility index (Phi) is 6.27. The van der Waals surface area contributed by atoms with E-state index in [0.29, 0.717) is 0 Å². The van der Waals surface area contributed by atoms with E-state index in [1.807, 2.05) is 0 Å². The van der Waals surface area contributed by atoms with E-state index < -0.39 is 74.6 Å². The third kappa shape index (κ3) is 3.97. The molecular weight excluding hydrogens is 320 g/mol. The molecule has 0 saturated carbocycles. The van der Waals surface area contributed by atoms with Crippen molar-refractivity contribution < 1.29 is 55.1 Å². The van der Waals surface area contributed by atoms with Gasteiger partial charge in [0.2, 0.25) is 0 Å². The molecule has 11 nitrogen and oxygen atoms in total. The molecule has 2 fully saturated rings. The van der Waals surface area contributed by atoms with Gasteiger partial charge < -0.3 is 55.1 Å². The van der Waals surface area contributed by atoms with Crippen LogP contribution < -0.4 is 0 Å². The number of rotatable bonds is 2. The minimum absolute atomic E-state index is 0.454. The van der Waals surface area contributed by atoms with Gasteiger partial charge in [0.25, 0.3) is 0 Å². The topological polar surface area (TPSA) is 190 Å². The molecule has 0 aromatic carbocycles. The molecule has 0 spiro atoms. The maximum atomic E-state index is 9.94. The smallest absolute Gasteiger partial charge is 0.186 e. The van der Waals surface area contributed by atoms with Crippen molar-refractivity contribution in [1.29, 1.82) is 0 Å². The fourth-order valence-corrected chi connectivity index (χ4v) is 2.37. The third-order valence-corrected chi connectivity index (χ3v) is 3.92. The highest BCUT2D eigenvalue weighted by molar-refractivity contribution is 4.90. The van der Waals surface area contributed by atoms with Gasteiger partial charge in [0.15, 0.2) is 12.6 Å². The van der Waals surface area contributed by atoms with Crippen molar-refractivity contribution in [2.75, 3.05) is 13.2 Å². The lowest BCUT2D eigenvalue weighted by Crippen LogP contribution is -2.51. The largest absolute Gasteiger partial charge is 0.388 e. The highest BCUT2D eigenvalue weighted by atomic mass is 16.7. The molecule has 2 rings (SSSR count). The molecule has 2 aliphatic heterocycles. The van der Waals surface area contributed by atoms with Gasteiger partial charge in [-0.3, -0.25) is 0 Å². The summed E-state index contributed by atoms with van der Waals surface area (Å²) in [6.07, 6.45) is -16.5. The molecule has 8 N–H and O–H groups in total. The zero-order valence-electron chi connectivity index (χ0n) is 12.0. The Morgan fingerprint density at radius 2 is 1.22 bits per heavy atom. The Morgan fingerprint density at radius 3 is 1.87 bits per heavy atom. The molecule has 0 aromatic heterocycles. The molecule has 2 aliphatic rings. The van der Waals surface area contributed by atoms with Crippen molar-refractivity contribution >= 4 is 0 Å². The molecule has 0 amide bonds. The Hall–Kier alpha value is -0.440. The maximum Gasteiger partial charge on any atom is 0.186 e. The van der Waals surface area contributed by atoms with Gasteiger partial charge in [0.05, 0.1) is 13.2 Å².